The highest BCUT2D eigenvalue weighted by molar-refractivity contribution is 5.82. The zero-order chi connectivity index (χ0) is 17.1. The molecule has 0 heterocycles. The molecule has 22 heavy (non-hydrogen) atoms. The third kappa shape index (κ3) is 7.75. The van der Waals surface area contributed by atoms with Gasteiger partial charge >= 0.3 is 0 Å². The zero-order valence-electron chi connectivity index (χ0n) is 15.1. The molecule has 0 radical (unpaired) electrons. The lowest BCUT2D eigenvalue weighted by Gasteiger charge is -2.24. The van der Waals surface area contributed by atoms with Crippen molar-refractivity contribution in [2.45, 2.75) is 51.6 Å². The Balaban J connectivity index is 4.14. The molecular weight excluding hydrogens is 280 g/mol. The summed E-state index contributed by atoms with van der Waals surface area (Å²) in [5, 5.41) is 5.79. The predicted octanol–water partition coefficient (Wildman–Crippen LogP) is 0.679. The van der Waals surface area contributed by atoms with Crippen LogP contribution < -0.4 is 10.6 Å². The monoisotopic (exact) mass is 314 g/mol. The number of likely N-dealkylation sites (N-methyl/N-ethyl adjacent to an activating group) is 2. The van der Waals surface area contributed by atoms with Gasteiger partial charge in [-0.1, -0.05) is 26.7 Å². The van der Waals surface area contributed by atoms with Gasteiger partial charge in [-0.25, -0.2) is 0 Å². The van der Waals surface area contributed by atoms with Crippen molar-refractivity contribution in [2.75, 3.05) is 41.3 Å². The minimum Gasteiger partial charge on any atom is -0.353 e. The Kier molecular flexibility index (Phi) is 10.8. The second kappa shape index (κ2) is 11.4. The maximum Gasteiger partial charge on any atom is 0.237 e. The first-order valence-electron chi connectivity index (χ1n) is 8.23. The summed E-state index contributed by atoms with van der Waals surface area (Å²) in [6.45, 7) is 5.06. The Bertz CT molecular complexity index is 300. The SMILES string of the molecule is CCCC(C(=O)NCCNC(=O)C(CCC)N(C)C)N(C)C. The summed E-state index contributed by atoms with van der Waals surface area (Å²) in [6, 6.07) is -0.203. The molecule has 0 aliphatic heterocycles. The van der Waals surface area contributed by atoms with Gasteiger partial charge in [0, 0.05) is 13.1 Å². The van der Waals surface area contributed by atoms with Crippen molar-refractivity contribution in [1.29, 1.82) is 0 Å². The van der Waals surface area contributed by atoms with Crippen LogP contribution in [-0.4, -0.2) is 75.0 Å². The highest BCUT2D eigenvalue weighted by Crippen LogP contribution is 2.03. The van der Waals surface area contributed by atoms with Crippen molar-refractivity contribution >= 4 is 11.8 Å². The molecule has 0 aliphatic carbocycles. The van der Waals surface area contributed by atoms with E-state index in [4.69, 9.17) is 0 Å². The minimum atomic E-state index is -0.102. The molecule has 0 fully saturated rings. The summed E-state index contributed by atoms with van der Waals surface area (Å²) in [5.74, 6) is 0.0534. The summed E-state index contributed by atoms with van der Waals surface area (Å²) < 4.78 is 0. The third-order valence-electron chi connectivity index (χ3n) is 3.70. The summed E-state index contributed by atoms with van der Waals surface area (Å²) in [6.07, 6.45) is 3.61. The molecule has 0 bridgehead atoms. The lowest BCUT2D eigenvalue weighted by atomic mass is 10.1. The molecule has 0 aromatic carbocycles. The number of carbonyl (C=O) groups is 2. The standard InChI is InChI=1S/C16H34N4O2/c1-7-9-13(19(3)4)15(21)17-11-12-18-16(22)14(10-8-2)20(5)6/h13-14H,7-12H2,1-6H3,(H,17,21)(H,18,22). The van der Waals surface area contributed by atoms with Crippen molar-refractivity contribution in [1.82, 2.24) is 20.4 Å². The van der Waals surface area contributed by atoms with Gasteiger partial charge in [-0.2, -0.15) is 0 Å². The van der Waals surface area contributed by atoms with Crippen molar-refractivity contribution in [3.05, 3.63) is 0 Å². The minimum absolute atomic E-state index is 0.0267. The molecule has 2 N–H and O–H groups in total. The molecule has 0 aromatic heterocycles. The van der Waals surface area contributed by atoms with Crippen molar-refractivity contribution in [3.8, 4) is 0 Å². The lowest BCUT2D eigenvalue weighted by molar-refractivity contribution is -0.127. The van der Waals surface area contributed by atoms with E-state index in [-0.39, 0.29) is 23.9 Å². The molecule has 0 rings (SSSR count). The van der Waals surface area contributed by atoms with Gasteiger partial charge in [0.05, 0.1) is 12.1 Å². The molecule has 2 amide bonds. The highest BCUT2D eigenvalue weighted by Gasteiger charge is 2.20. The summed E-state index contributed by atoms with van der Waals surface area (Å²) >= 11 is 0. The smallest absolute Gasteiger partial charge is 0.237 e. The fourth-order valence-corrected chi connectivity index (χ4v) is 2.40. The van der Waals surface area contributed by atoms with Crippen LogP contribution in [0.2, 0.25) is 0 Å². The largest absolute Gasteiger partial charge is 0.353 e. The van der Waals surface area contributed by atoms with E-state index >= 15 is 0 Å². The Morgan fingerprint density at radius 2 is 1.09 bits per heavy atom. The average molecular weight is 314 g/mol. The van der Waals surface area contributed by atoms with E-state index < -0.39 is 0 Å². The van der Waals surface area contributed by atoms with Crippen LogP contribution in [0.4, 0.5) is 0 Å². The number of amides is 2. The van der Waals surface area contributed by atoms with Crippen molar-refractivity contribution in [2.24, 2.45) is 0 Å². The molecule has 130 valence electrons. The quantitative estimate of drug-likeness (QED) is 0.551. The summed E-state index contributed by atoms with van der Waals surface area (Å²) in [4.78, 5) is 28.0. The van der Waals surface area contributed by atoms with E-state index in [9.17, 15) is 9.59 Å². The molecule has 0 spiro atoms. The lowest BCUT2D eigenvalue weighted by Crippen LogP contribution is -2.48. The van der Waals surface area contributed by atoms with E-state index in [1.165, 1.54) is 0 Å². The van der Waals surface area contributed by atoms with E-state index in [1.807, 2.05) is 38.0 Å². The number of hydrogen-bond acceptors (Lipinski definition) is 4. The second-order valence-electron chi connectivity index (χ2n) is 6.12. The molecule has 2 atom stereocenters. The number of hydrogen-bond donors (Lipinski definition) is 2. The first kappa shape index (κ1) is 20.9. The van der Waals surface area contributed by atoms with Crippen LogP contribution in [0.1, 0.15) is 39.5 Å². The van der Waals surface area contributed by atoms with E-state index in [1.54, 1.807) is 0 Å². The Hall–Kier alpha value is -1.14. The summed E-state index contributed by atoms with van der Waals surface area (Å²) in [5.41, 5.74) is 0. The van der Waals surface area contributed by atoms with Gasteiger partial charge in [-0.15, -0.1) is 0 Å². The van der Waals surface area contributed by atoms with Crippen molar-refractivity contribution < 1.29 is 9.59 Å². The van der Waals surface area contributed by atoms with Gasteiger partial charge < -0.3 is 10.6 Å². The van der Waals surface area contributed by atoms with Crippen LogP contribution in [0.3, 0.4) is 0 Å². The molecule has 6 heteroatoms. The van der Waals surface area contributed by atoms with Crippen LogP contribution in [0, 0.1) is 0 Å². The third-order valence-corrected chi connectivity index (χ3v) is 3.70. The molecule has 6 nitrogen and oxygen atoms in total. The van der Waals surface area contributed by atoms with Gasteiger partial charge in [0.1, 0.15) is 0 Å². The van der Waals surface area contributed by atoms with Crippen LogP contribution in [-0.2, 0) is 9.59 Å². The van der Waals surface area contributed by atoms with Crippen LogP contribution in [0.15, 0.2) is 0 Å². The number of nitrogens with zero attached hydrogens (tertiary/aromatic N) is 2. The van der Waals surface area contributed by atoms with Gasteiger partial charge in [-0.05, 0) is 41.0 Å². The molecule has 0 aliphatic rings. The average Bonchev–Trinajstić information content (AvgIpc) is 2.45. The molecule has 0 saturated heterocycles. The molecule has 0 saturated carbocycles. The van der Waals surface area contributed by atoms with Crippen LogP contribution >= 0.6 is 0 Å². The number of carbonyl (C=O) groups excluding carboxylic acids is 2. The molecule has 0 aromatic rings. The normalized spacial score (nSPS) is 14.0. The van der Waals surface area contributed by atoms with Gasteiger partial charge in [0.25, 0.3) is 0 Å². The second-order valence-corrected chi connectivity index (χ2v) is 6.12. The zero-order valence-corrected chi connectivity index (χ0v) is 15.1. The first-order valence-corrected chi connectivity index (χ1v) is 8.23. The van der Waals surface area contributed by atoms with Crippen molar-refractivity contribution in [3.63, 3.8) is 0 Å². The molecule has 2 unspecified atom stereocenters. The fourth-order valence-electron chi connectivity index (χ4n) is 2.40. The van der Waals surface area contributed by atoms with Gasteiger partial charge in [0.2, 0.25) is 11.8 Å². The highest BCUT2D eigenvalue weighted by atomic mass is 16.2. The predicted molar refractivity (Wildman–Crippen MR) is 90.8 cm³/mol. The Morgan fingerprint density at radius 1 is 0.773 bits per heavy atom. The Labute approximate surface area is 135 Å². The fraction of sp³-hybridized carbons (Fsp3) is 0.875. The number of rotatable bonds is 11. The maximum absolute atomic E-state index is 12.1. The summed E-state index contributed by atoms with van der Waals surface area (Å²) in [7, 11) is 7.64. The first-order chi connectivity index (χ1) is 10.3. The van der Waals surface area contributed by atoms with E-state index in [0.29, 0.717) is 13.1 Å². The van der Waals surface area contributed by atoms with E-state index in [2.05, 4.69) is 24.5 Å². The van der Waals surface area contributed by atoms with Crippen LogP contribution in [0.25, 0.3) is 0 Å². The van der Waals surface area contributed by atoms with Gasteiger partial charge in [-0.3, -0.25) is 19.4 Å². The Morgan fingerprint density at radius 3 is 1.32 bits per heavy atom. The number of nitrogens with one attached hydrogen (secondary N) is 2. The maximum atomic E-state index is 12.1. The molecular formula is C16H34N4O2. The van der Waals surface area contributed by atoms with E-state index in [0.717, 1.165) is 25.7 Å². The van der Waals surface area contributed by atoms with Gasteiger partial charge in [0.15, 0.2) is 0 Å². The topological polar surface area (TPSA) is 64.7 Å². The van der Waals surface area contributed by atoms with Crippen LogP contribution in [0.5, 0.6) is 0 Å².